The van der Waals surface area contributed by atoms with Crippen LogP contribution in [0.2, 0.25) is 5.02 Å². The molecule has 5 nitrogen and oxygen atoms in total. The Balaban J connectivity index is 2.45. The first-order valence-electron chi connectivity index (χ1n) is 5.58. The van der Waals surface area contributed by atoms with E-state index in [4.69, 9.17) is 11.6 Å². The van der Waals surface area contributed by atoms with Crippen molar-refractivity contribution in [1.82, 2.24) is 4.57 Å². The van der Waals surface area contributed by atoms with Crippen LogP contribution in [-0.2, 0) is 6.54 Å². The maximum atomic E-state index is 11.8. The Morgan fingerprint density at radius 1 is 1.21 bits per heavy atom. The molecule has 0 radical (unpaired) electrons. The van der Waals surface area contributed by atoms with Crippen molar-refractivity contribution in [3.8, 4) is 0 Å². The number of nitrogens with zero attached hydrogens (tertiary/aromatic N) is 2. The van der Waals surface area contributed by atoms with E-state index in [0.29, 0.717) is 10.7 Å². The molecule has 1 aromatic heterocycles. The predicted octanol–water partition coefficient (Wildman–Crippen LogP) is 2.77. The Morgan fingerprint density at radius 2 is 1.84 bits per heavy atom. The zero-order valence-electron chi connectivity index (χ0n) is 10.2. The summed E-state index contributed by atoms with van der Waals surface area (Å²) in [5, 5.41) is 11.5. The summed E-state index contributed by atoms with van der Waals surface area (Å²) in [4.78, 5) is 22.2. The minimum absolute atomic E-state index is 0.0615. The fourth-order valence-corrected chi connectivity index (χ4v) is 1.95. The average Bonchev–Trinajstić information content (AvgIpc) is 2.36. The van der Waals surface area contributed by atoms with E-state index < -0.39 is 4.92 Å². The lowest BCUT2D eigenvalue weighted by molar-refractivity contribution is -0.386. The lowest BCUT2D eigenvalue weighted by atomic mass is 10.2. The first-order valence-corrected chi connectivity index (χ1v) is 5.96. The number of rotatable bonds is 3. The summed E-state index contributed by atoms with van der Waals surface area (Å²) in [5.74, 6) is 0. The summed E-state index contributed by atoms with van der Waals surface area (Å²) < 4.78 is 1.38. The van der Waals surface area contributed by atoms with Crippen LogP contribution in [0.4, 0.5) is 5.69 Å². The number of halogens is 1. The smallest absolute Gasteiger partial charge is 0.288 e. The van der Waals surface area contributed by atoms with Gasteiger partial charge in [-0.25, -0.2) is 0 Å². The summed E-state index contributed by atoms with van der Waals surface area (Å²) in [6, 6.07) is 9.44. The second-order valence-corrected chi connectivity index (χ2v) is 4.55. The highest BCUT2D eigenvalue weighted by molar-refractivity contribution is 6.30. The van der Waals surface area contributed by atoms with Gasteiger partial charge in [-0.1, -0.05) is 23.7 Å². The molecule has 0 amide bonds. The average molecular weight is 279 g/mol. The second kappa shape index (κ2) is 5.24. The minimum atomic E-state index is -0.493. The Kier molecular flexibility index (Phi) is 3.66. The van der Waals surface area contributed by atoms with Gasteiger partial charge in [0.15, 0.2) is 0 Å². The molecule has 0 aliphatic carbocycles. The van der Waals surface area contributed by atoms with E-state index in [9.17, 15) is 14.9 Å². The van der Waals surface area contributed by atoms with Crippen LogP contribution < -0.4 is 5.56 Å². The highest BCUT2D eigenvalue weighted by Crippen LogP contribution is 2.16. The number of aromatic nitrogens is 1. The van der Waals surface area contributed by atoms with Crippen molar-refractivity contribution in [3.05, 3.63) is 73.1 Å². The molecule has 2 aromatic rings. The number of benzene rings is 1. The van der Waals surface area contributed by atoms with Crippen LogP contribution in [-0.4, -0.2) is 9.49 Å². The SMILES string of the molecule is Cc1c([N+](=O)[O-])ccc(=O)n1Cc1ccc(Cl)cc1. The van der Waals surface area contributed by atoms with E-state index in [1.165, 1.54) is 16.7 Å². The molecule has 0 unspecified atom stereocenters. The van der Waals surface area contributed by atoms with E-state index in [-0.39, 0.29) is 17.8 Å². The van der Waals surface area contributed by atoms with E-state index in [1.807, 2.05) is 0 Å². The second-order valence-electron chi connectivity index (χ2n) is 4.11. The molecule has 0 aliphatic heterocycles. The van der Waals surface area contributed by atoms with Crippen LogP contribution in [0.1, 0.15) is 11.3 Å². The van der Waals surface area contributed by atoms with Gasteiger partial charge >= 0.3 is 0 Å². The topological polar surface area (TPSA) is 65.1 Å². The van der Waals surface area contributed by atoms with Crippen LogP contribution >= 0.6 is 11.6 Å². The van der Waals surface area contributed by atoms with Crippen molar-refractivity contribution in [3.63, 3.8) is 0 Å². The molecule has 0 saturated heterocycles. The van der Waals surface area contributed by atoms with E-state index in [1.54, 1.807) is 31.2 Å². The first kappa shape index (κ1) is 13.3. The molecule has 0 saturated carbocycles. The van der Waals surface area contributed by atoms with Gasteiger partial charge in [0.2, 0.25) is 0 Å². The van der Waals surface area contributed by atoms with Crippen LogP contribution in [0.5, 0.6) is 0 Å². The molecule has 0 fully saturated rings. The van der Waals surface area contributed by atoms with Crippen LogP contribution in [0.25, 0.3) is 0 Å². The normalized spacial score (nSPS) is 10.4. The summed E-state index contributed by atoms with van der Waals surface area (Å²) in [5.41, 5.74) is 0.870. The molecule has 0 spiro atoms. The molecular formula is C13H11ClN2O3. The van der Waals surface area contributed by atoms with Gasteiger partial charge in [-0.3, -0.25) is 14.9 Å². The monoisotopic (exact) mass is 278 g/mol. The molecule has 98 valence electrons. The van der Waals surface area contributed by atoms with Crippen molar-refractivity contribution in [2.45, 2.75) is 13.5 Å². The Hall–Kier alpha value is -2.14. The van der Waals surface area contributed by atoms with Crippen LogP contribution in [0.15, 0.2) is 41.2 Å². The standard InChI is InChI=1S/C13H11ClN2O3/c1-9-12(16(18)19)6-7-13(17)15(9)8-10-2-4-11(14)5-3-10/h2-7H,8H2,1H3. The third-order valence-corrected chi connectivity index (χ3v) is 3.13. The van der Waals surface area contributed by atoms with Gasteiger partial charge in [-0.05, 0) is 24.6 Å². The molecule has 0 bridgehead atoms. The molecule has 0 atom stereocenters. The lowest BCUT2D eigenvalue weighted by Crippen LogP contribution is -2.22. The molecule has 2 rings (SSSR count). The van der Waals surface area contributed by atoms with Gasteiger partial charge in [0, 0.05) is 17.2 Å². The molecular weight excluding hydrogens is 268 g/mol. The Morgan fingerprint density at radius 3 is 2.42 bits per heavy atom. The highest BCUT2D eigenvalue weighted by Gasteiger charge is 2.14. The summed E-state index contributed by atoms with van der Waals surface area (Å²) in [6.07, 6.45) is 0. The maximum Gasteiger partial charge on any atom is 0.288 e. The van der Waals surface area contributed by atoms with Gasteiger partial charge in [-0.2, -0.15) is 0 Å². The summed E-state index contributed by atoms with van der Waals surface area (Å²) in [6.45, 7) is 1.85. The fourth-order valence-electron chi connectivity index (χ4n) is 1.83. The highest BCUT2D eigenvalue weighted by atomic mass is 35.5. The fraction of sp³-hybridized carbons (Fsp3) is 0.154. The predicted molar refractivity (Wildman–Crippen MR) is 72.6 cm³/mol. The Bertz CT molecular complexity index is 677. The van der Waals surface area contributed by atoms with E-state index in [2.05, 4.69) is 0 Å². The van der Waals surface area contributed by atoms with E-state index in [0.717, 1.165) is 5.56 Å². The molecule has 6 heteroatoms. The number of hydrogen-bond donors (Lipinski definition) is 0. The van der Waals surface area contributed by atoms with Gasteiger partial charge in [0.1, 0.15) is 0 Å². The Labute approximate surface area is 114 Å². The lowest BCUT2D eigenvalue weighted by Gasteiger charge is -2.09. The van der Waals surface area contributed by atoms with E-state index >= 15 is 0 Å². The van der Waals surface area contributed by atoms with Crippen LogP contribution in [0, 0.1) is 17.0 Å². The van der Waals surface area contributed by atoms with Crippen molar-refractivity contribution in [2.75, 3.05) is 0 Å². The van der Waals surface area contributed by atoms with Crippen molar-refractivity contribution >= 4 is 17.3 Å². The van der Waals surface area contributed by atoms with Crippen molar-refractivity contribution in [2.24, 2.45) is 0 Å². The largest absolute Gasteiger partial charge is 0.302 e. The quantitative estimate of drug-likeness (QED) is 0.640. The van der Waals surface area contributed by atoms with Gasteiger partial charge in [0.25, 0.3) is 11.2 Å². The van der Waals surface area contributed by atoms with Gasteiger partial charge in [0.05, 0.1) is 17.2 Å². The first-order chi connectivity index (χ1) is 8.99. The zero-order chi connectivity index (χ0) is 14.0. The molecule has 19 heavy (non-hydrogen) atoms. The third kappa shape index (κ3) is 2.82. The maximum absolute atomic E-state index is 11.8. The van der Waals surface area contributed by atoms with Gasteiger partial charge < -0.3 is 4.57 Å². The minimum Gasteiger partial charge on any atom is -0.302 e. The molecule has 1 heterocycles. The zero-order valence-corrected chi connectivity index (χ0v) is 10.9. The van der Waals surface area contributed by atoms with Crippen LogP contribution in [0.3, 0.4) is 0 Å². The molecule has 0 aliphatic rings. The van der Waals surface area contributed by atoms with Crippen molar-refractivity contribution < 1.29 is 4.92 Å². The number of nitro groups is 1. The molecule has 1 aromatic carbocycles. The number of hydrogen-bond acceptors (Lipinski definition) is 3. The molecule has 0 N–H and O–H groups in total. The third-order valence-electron chi connectivity index (χ3n) is 2.88. The van der Waals surface area contributed by atoms with Crippen molar-refractivity contribution in [1.29, 1.82) is 0 Å². The summed E-state index contributed by atoms with van der Waals surface area (Å²) >= 11 is 5.79. The number of pyridine rings is 1. The van der Waals surface area contributed by atoms with Gasteiger partial charge in [-0.15, -0.1) is 0 Å². The summed E-state index contributed by atoms with van der Waals surface area (Å²) in [7, 11) is 0.